The van der Waals surface area contributed by atoms with E-state index in [0.29, 0.717) is 0 Å². The van der Waals surface area contributed by atoms with Gasteiger partial charge >= 0.3 is 13.3 Å². The second-order valence-electron chi connectivity index (χ2n) is 6.18. The lowest BCUT2D eigenvalue weighted by molar-refractivity contribution is -0.0636. The van der Waals surface area contributed by atoms with Gasteiger partial charge in [-0.15, -0.1) is 0 Å². The molecule has 0 spiro atoms. The largest absolute Gasteiger partial charge is 0.383 e. The Morgan fingerprint density at radius 1 is 1.57 bits per heavy atom. The maximum absolute atomic E-state index is 15.3. The number of halogens is 1. The summed E-state index contributed by atoms with van der Waals surface area (Å²) in [5.74, 6) is 0.0334. The third-order valence-electron chi connectivity index (χ3n) is 4.10. The fourth-order valence-corrected chi connectivity index (χ4v) is 4.37. The van der Waals surface area contributed by atoms with E-state index in [0.717, 1.165) is 4.57 Å². The highest BCUT2D eigenvalue weighted by Crippen LogP contribution is 2.61. The van der Waals surface area contributed by atoms with Gasteiger partial charge in [-0.2, -0.15) is 4.98 Å². The average molecular weight is 347 g/mol. The lowest BCUT2D eigenvalue weighted by atomic mass is 9.98. The number of rotatable bonds is 2. The molecule has 1 aromatic rings. The Kier molecular flexibility index (Phi) is 3.87. The van der Waals surface area contributed by atoms with Gasteiger partial charge in [0, 0.05) is 6.20 Å². The molecule has 1 aromatic heterocycles. The standard InChI is InChI=1S/C13H19FN3O5P/c1-7(2)23(19)20-6-8-10(22-23)13(3,14)11(21-8)17-5-4-9(15)16-12(17)18/h4-5,7-8,10-11H,6H2,1-3H3,(H2,15,16,18)/t8-,10-,11-,13-,23?/m1/s1. The first-order chi connectivity index (χ1) is 10.6. The highest BCUT2D eigenvalue weighted by molar-refractivity contribution is 7.54. The van der Waals surface area contributed by atoms with E-state index in [1.807, 2.05) is 0 Å². The van der Waals surface area contributed by atoms with Crippen LogP contribution in [0.1, 0.15) is 27.0 Å². The smallest absolute Gasteiger partial charge is 0.351 e. The molecule has 0 aromatic carbocycles. The first-order valence-corrected chi connectivity index (χ1v) is 8.88. The van der Waals surface area contributed by atoms with Crippen molar-refractivity contribution in [2.45, 2.75) is 50.5 Å². The number of nitrogens with zero attached hydrogens (tertiary/aromatic N) is 2. The summed E-state index contributed by atoms with van der Waals surface area (Å²) in [6.07, 6.45) is -1.81. The molecule has 128 valence electrons. The second kappa shape index (κ2) is 5.37. The molecule has 0 bridgehead atoms. The van der Waals surface area contributed by atoms with Crippen LogP contribution in [0.25, 0.3) is 0 Å². The lowest BCUT2D eigenvalue weighted by Gasteiger charge is -2.36. The molecular weight excluding hydrogens is 328 g/mol. The van der Waals surface area contributed by atoms with E-state index in [1.54, 1.807) is 13.8 Å². The van der Waals surface area contributed by atoms with Crippen LogP contribution in [-0.4, -0.2) is 39.7 Å². The van der Waals surface area contributed by atoms with E-state index < -0.39 is 43.0 Å². The first-order valence-electron chi connectivity index (χ1n) is 7.27. The number of ether oxygens (including phenoxy) is 1. The molecule has 1 unspecified atom stereocenters. The molecule has 2 saturated heterocycles. The van der Waals surface area contributed by atoms with Crippen molar-refractivity contribution in [2.24, 2.45) is 0 Å². The molecule has 2 N–H and O–H groups in total. The van der Waals surface area contributed by atoms with Gasteiger partial charge in [-0.25, -0.2) is 9.18 Å². The molecule has 10 heteroatoms. The van der Waals surface area contributed by atoms with Crippen LogP contribution in [0, 0.1) is 0 Å². The zero-order valence-corrected chi connectivity index (χ0v) is 13.9. The zero-order valence-electron chi connectivity index (χ0n) is 13.0. The number of hydrogen-bond acceptors (Lipinski definition) is 7. The Balaban J connectivity index is 1.95. The van der Waals surface area contributed by atoms with E-state index in [2.05, 4.69) is 4.98 Å². The monoisotopic (exact) mass is 347 g/mol. The van der Waals surface area contributed by atoms with Crippen LogP contribution in [0.3, 0.4) is 0 Å². The van der Waals surface area contributed by atoms with Gasteiger partial charge in [-0.1, -0.05) is 13.8 Å². The normalized spacial score (nSPS) is 40.3. The van der Waals surface area contributed by atoms with Crippen LogP contribution >= 0.6 is 7.60 Å². The summed E-state index contributed by atoms with van der Waals surface area (Å²) in [5, 5.41) is 0. The lowest BCUT2D eigenvalue weighted by Crippen LogP contribution is -2.46. The molecule has 5 atom stereocenters. The molecule has 3 rings (SSSR count). The summed E-state index contributed by atoms with van der Waals surface area (Å²) in [5.41, 5.74) is 2.22. The predicted octanol–water partition coefficient (Wildman–Crippen LogP) is 1.47. The average Bonchev–Trinajstić information content (AvgIpc) is 2.70. The highest BCUT2D eigenvalue weighted by Gasteiger charge is 2.61. The topological polar surface area (TPSA) is 106 Å². The summed E-state index contributed by atoms with van der Waals surface area (Å²) < 4.78 is 45.3. The molecule has 0 aliphatic carbocycles. The van der Waals surface area contributed by atoms with Gasteiger partial charge in [0.2, 0.25) is 0 Å². The number of aromatic nitrogens is 2. The van der Waals surface area contributed by atoms with Crippen molar-refractivity contribution in [1.29, 1.82) is 0 Å². The van der Waals surface area contributed by atoms with Gasteiger partial charge < -0.3 is 15.0 Å². The zero-order chi connectivity index (χ0) is 17.0. The van der Waals surface area contributed by atoms with Crippen LogP contribution in [0.2, 0.25) is 0 Å². The Hall–Kier alpha value is -1.28. The number of hydrogen-bond donors (Lipinski definition) is 1. The summed E-state index contributed by atoms with van der Waals surface area (Å²) in [6, 6.07) is 1.37. The molecule has 2 aliphatic heterocycles. The van der Waals surface area contributed by atoms with Crippen LogP contribution < -0.4 is 11.4 Å². The first kappa shape index (κ1) is 16.6. The SMILES string of the molecule is CC(C)P1(=O)OC[C@H]2O[C@@H](n3ccc(N)nc3=O)[C@](C)(F)[C@@H]2O1. The molecule has 0 amide bonds. The predicted molar refractivity (Wildman–Crippen MR) is 79.9 cm³/mol. The summed E-state index contributed by atoms with van der Waals surface area (Å²) in [4.78, 5) is 15.5. The van der Waals surface area contributed by atoms with Crippen molar-refractivity contribution < 1.29 is 22.7 Å². The molecule has 0 radical (unpaired) electrons. The molecule has 8 nitrogen and oxygen atoms in total. The van der Waals surface area contributed by atoms with Crippen molar-refractivity contribution in [1.82, 2.24) is 9.55 Å². The molecule has 2 fully saturated rings. The third-order valence-corrected chi connectivity index (χ3v) is 6.39. The van der Waals surface area contributed by atoms with Crippen molar-refractivity contribution in [3.05, 3.63) is 22.7 Å². The fraction of sp³-hybridized carbons (Fsp3) is 0.692. The Bertz CT molecular complexity index is 722. The van der Waals surface area contributed by atoms with Crippen LogP contribution in [0.5, 0.6) is 0 Å². The van der Waals surface area contributed by atoms with Gasteiger partial charge in [0.15, 0.2) is 11.9 Å². The quantitative estimate of drug-likeness (QED) is 0.808. The summed E-state index contributed by atoms with van der Waals surface area (Å²) in [7, 11) is -3.42. The second-order valence-corrected chi connectivity index (χ2v) is 8.76. The highest BCUT2D eigenvalue weighted by atomic mass is 31.2. The van der Waals surface area contributed by atoms with Crippen molar-refractivity contribution >= 4 is 13.4 Å². The van der Waals surface area contributed by atoms with Gasteiger partial charge in [-0.3, -0.25) is 13.7 Å². The van der Waals surface area contributed by atoms with Gasteiger partial charge in [0.05, 0.1) is 12.3 Å². The third kappa shape index (κ3) is 2.61. The number of nitrogen functional groups attached to an aromatic ring is 1. The van der Waals surface area contributed by atoms with E-state index in [4.69, 9.17) is 19.5 Å². The van der Waals surface area contributed by atoms with Crippen molar-refractivity contribution in [3.8, 4) is 0 Å². The van der Waals surface area contributed by atoms with E-state index in [9.17, 15) is 9.36 Å². The Labute approximate surface area is 132 Å². The van der Waals surface area contributed by atoms with Crippen molar-refractivity contribution in [2.75, 3.05) is 12.3 Å². The molecule has 3 heterocycles. The minimum absolute atomic E-state index is 0.0334. The van der Waals surface area contributed by atoms with Gasteiger partial charge in [-0.05, 0) is 13.0 Å². The molecule has 2 aliphatic rings. The van der Waals surface area contributed by atoms with Crippen molar-refractivity contribution in [3.63, 3.8) is 0 Å². The maximum Gasteiger partial charge on any atom is 0.351 e. The minimum Gasteiger partial charge on any atom is -0.383 e. The molecular formula is C13H19FN3O5P. The van der Waals surface area contributed by atoms with Gasteiger partial charge in [0.25, 0.3) is 0 Å². The number of fused-ring (bicyclic) bond motifs is 1. The number of nitrogens with two attached hydrogens (primary N) is 1. The number of anilines is 1. The van der Waals surface area contributed by atoms with E-state index in [-0.39, 0.29) is 12.4 Å². The molecule has 23 heavy (non-hydrogen) atoms. The maximum atomic E-state index is 15.3. The van der Waals surface area contributed by atoms with Crippen LogP contribution in [0.15, 0.2) is 17.1 Å². The van der Waals surface area contributed by atoms with E-state index >= 15 is 4.39 Å². The fourth-order valence-electron chi connectivity index (χ4n) is 2.75. The van der Waals surface area contributed by atoms with Crippen LogP contribution in [0.4, 0.5) is 10.2 Å². The summed E-state index contributed by atoms with van der Waals surface area (Å²) >= 11 is 0. The minimum atomic E-state index is -3.42. The van der Waals surface area contributed by atoms with E-state index in [1.165, 1.54) is 19.2 Å². The Morgan fingerprint density at radius 2 is 2.26 bits per heavy atom. The number of alkyl halides is 1. The van der Waals surface area contributed by atoms with Gasteiger partial charge in [0.1, 0.15) is 18.0 Å². The molecule has 0 saturated carbocycles. The van der Waals surface area contributed by atoms with Crippen LogP contribution in [-0.2, 0) is 18.3 Å². The Morgan fingerprint density at radius 3 is 2.87 bits per heavy atom. The summed E-state index contributed by atoms with van der Waals surface area (Å²) in [6.45, 7) is 4.55.